The number of hydrogen-bond acceptors (Lipinski definition) is 5. The Morgan fingerprint density at radius 2 is 2.19 bits per heavy atom. The molecule has 6 nitrogen and oxygen atoms in total. The molecule has 1 heterocycles. The van der Waals surface area contributed by atoms with Crippen LogP contribution in [0.3, 0.4) is 0 Å². The maximum atomic E-state index is 11.1. The standard InChI is InChI=1S/C8H9N3O3S2/c1-11-5-3-2-4-6(16(12,13)14)7(5)15-8(11)10-9/h2-4H,9H2,1H3,(H,12,13,14). The average molecular weight is 259 g/mol. The van der Waals surface area contributed by atoms with Crippen LogP contribution in [0.5, 0.6) is 0 Å². The number of nitrogens with zero attached hydrogens (tertiary/aromatic N) is 2. The Balaban J connectivity index is 3.01. The normalized spacial score (nSPS) is 13.5. The highest BCUT2D eigenvalue weighted by molar-refractivity contribution is 7.86. The molecular weight excluding hydrogens is 250 g/mol. The van der Waals surface area contributed by atoms with Gasteiger partial charge in [-0.1, -0.05) is 17.4 Å². The number of aryl methyl sites for hydroxylation is 1. The van der Waals surface area contributed by atoms with Gasteiger partial charge in [0.25, 0.3) is 10.1 Å². The molecule has 0 atom stereocenters. The molecule has 1 aromatic heterocycles. The summed E-state index contributed by atoms with van der Waals surface area (Å²) in [6.07, 6.45) is 0. The molecule has 0 aliphatic carbocycles. The Bertz CT molecular complexity index is 712. The summed E-state index contributed by atoms with van der Waals surface area (Å²) in [6.45, 7) is 0. The summed E-state index contributed by atoms with van der Waals surface area (Å²) in [7, 11) is -2.51. The zero-order valence-electron chi connectivity index (χ0n) is 8.28. The number of thiazole rings is 1. The second-order valence-electron chi connectivity index (χ2n) is 3.15. The smallest absolute Gasteiger partial charge is 0.296 e. The van der Waals surface area contributed by atoms with Gasteiger partial charge in [0, 0.05) is 7.05 Å². The van der Waals surface area contributed by atoms with Crippen LogP contribution in [-0.4, -0.2) is 17.5 Å². The first kappa shape index (κ1) is 11.1. The van der Waals surface area contributed by atoms with E-state index in [0.717, 1.165) is 11.3 Å². The fourth-order valence-electron chi connectivity index (χ4n) is 1.45. The first-order valence-electron chi connectivity index (χ1n) is 4.25. The third-order valence-corrected chi connectivity index (χ3v) is 4.41. The van der Waals surface area contributed by atoms with Crippen LogP contribution < -0.4 is 10.6 Å². The van der Waals surface area contributed by atoms with Crippen molar-refractivity contribution in [1.29, 1.82) is 0 Å². The molecule has 0 spiro atoms. The Morgan fingerprint density at radius 1 is 1.50 bits per heavy atom. The van der Waals surface area contributed by atoms with Gasteiger partial charge in [-0.2, -0.15) is 13.5 Å². The van der Waals surface area contributed by atoms with Gasteiger partial charge in [0.15, 0.2) is 0 Å². The number of nitrogens with two attached hydrogens (primary N) is 1. The van der Waals surface area contributed by atoms with Gasteiger partial charge in [-0.25, -0.2) is 0 Å². The van der Waals surface area contributed by atoms with Crippen molar-refractivity contribution in [2.45, 2.75) is 4.90 Å². The number of aromatic nitrogens is 1. The van der Waals surface area contributed by atoms with Crippen LogP contribution in [0.4, 0.5) is 0 Å². The van der Waals surface area contributed by atoms with Crippen LogP contribution in [0.25, 0.3) is 10.2 Å². The molecular formula is C8H9N3O3S2. The molecule has 0 saturated heterocycles. The lowest BCUT2D eigenvalue weighted by molar-refractivity contribution is 0.484. The van der Waals surface area contributed by atoms with Crippen LogP contribution in [0, 0.1) is 0 Å². The van der Waals surface area contributed by atoms with Gasteiger partial charge in [0.1, 0.15) is 4.90 Å². The Kier molecular flexibility index (Phi) is 2.49. The molecule has 0 bridgehead atoms. The summed E-state index contributed by atoms with van der Waals surface area (Å²) in [5, 5.41) is 3.54. The third-order valence-electron chi connectivity index (χ3n) is 2.19. The summed E-state index contributed by atoms with van der Waals surface area (Å²) in [4.78, 5) is 0.353. The molecule has 0 aliphatic rings. The molecule has 0 radical (unpaired) electrons. The minimum atomic E-state index is -4.23. The highest BCUT2D eigenvalue weighted by atomic mass is 32.2. The quantitative estimate of drug-likeness (QED) is 0.436. The Morgan fingerprint density at radius 3 is 2.75 bits per heavy atom. The van der Waals surface area contributed by atoms with Gasteiger partial charge in [-0.3, -0.25) is 4.55 Å². The van der Waals surface area contributed by atoms with Crippen molar-refractivity contribution >= 4 is 31.7 Å². The van der Waals surface area contributed by atoms with Crippen molar-refractivity contribution in [1.82, 2.24) is 4.57 Å². The molecule has 0 amide bonds. The zero-order chi connectivity index (χ0) is 11.9. The van der Waals surface area contributed by atoms with Crippen LogP contribution in [0.1, 0.15) is 0 Å². The predicted molar refractivity (Wildman–Crippen MR) is 60.4 cm³/mol. The molecule has 0 unspecified atom stereocenters. The Hall–Kier alpha value is -1.38. The van der Waals surface area contributed by atoms with Gasteiger partial charge in [0.05, 0.1) is 10.2 Å². The molecule has 0 aliphatic heterocycles. The molecule has 0 fully saturated rings. The second kappa shape index (κ2) is 3.58. The highest BCUT2D eigenvalue weighted by Crippen LogP contribution is 2.24. The lowest BCUT2D eigenvalue weighted by Gasteiger charge is -1.98. The third kappa shape index (κ3) is 1.60. The SMILES string of the molecule is Cn1c(=NN)sc2c(S(=O)(=O)O)cccc21. The molecule has 2 rings (SSSR count). The first-order valence-corrected chi connectivity index (χ1v) is 6.51. The molecule has 0 saturated carbocycles. The van der Waals surface area contributed by atoms with E-state index in [1.807, 2.05) is 0 Å². The minimum absolute atomic E-state index is 0.125. The number of benzene rings is 1. The van der Waals surface area contributed by atoms with Crippen LogP contribution in [-0.2, 0) is 17.2 Å². The van der Waals surface area contributed by atoms with Crippen LogP contribution >= 0.6 is 11.3 Å². The molecule has 2 aromatic rings. The first-order chi connectivity index (χ1) is 7.45. The van der Waals surface area contributed by atoms with E-state index in [1.165, 1.54) is 6.07 Å². The summed E-state index contributed by atoms with van der Waals surface area (Å²) < 4.78 is 33.5. The minimum Gasteiger partial charge on any atom is -0.320 e. The van der Waals surface area contributed by atoms with Crippen LogP contribution in [0.15, 0.2) is 28.2 Å². The Labute approximate surface area is 95.4 Å². The molecule has 3 N–H and O–H groups in total. The van der Waals surface area contributed by atoms with Crippen molar-refractivity contribution in [2.24, 2.45) is 18.0 Å². The molecule has 1 aromatic carbocycles. The van der Waals surface area contributed by atoms with Gasteiger partial charge in [-0.15, -0.1) is 0 Å². The zero-order valence-corrected chi connectivity index (χ0v) is 9.92. The lowest BCUT2D eigenvalue weighted by Crippen LogP contribution is -2.12. The molecule has 86 valence electrons. The van der Waals surface area contributed by atoms with E-state index in [0.29, 0.717) is 15.0 Å². The summed E-state index contributed by atoms with van der Waals surface area (Å²) in [6, 6.07) is 4.63. The maximum Gasteiger partial charge on any atom is 0.296 e. The topological polar surface area (TPSA) is 97.7 Å². The van der Waals surface area contributed by atoms with Gasteiger partial charge in [0.2, 0.25) is 4.80 Å². The van der Waals surface area contributed by atoms with E-state index in [-0.39, 0.29) is 4.90 Å². The monoisotopic (exact) mass is 259 g/mol. The van der Waals surface area contributed by atoms with E-state index in [9.17, 15) is 8.42 Å². The fourth-order valence-corrected chi connectivity index (χ4v) is 3.43. The van der Waals surface area contributed by atoms with E-state index in [1.54, 1.807) is 23.7 Å². The van der Waals surface area contributed by atoms with Crippen molar-refractivity contribution in [2.75, 3.05) is 0 Å². The fraction of sp³-hybridized carbons (Fsp3) is 0.125. The van der Waals surface area contributed by atoms with E-state index in [4.69, 9.17) is 10.4 Å². The second-order valence-corrected chi connectivity index (χ2v) is 5.52. The van der Waals surface area contributed by atoms with Gasteiger partial charge >= 0.3 is 0 Å². The number of hydrogen-bond donors (Lipinski definition) is 2. The van der Waals surface area contributed by atoms with Crippen LogP contribution in [0.2, 0.25) is 0 Å². The van der Waals surface area contributed by atoms with E-state index < -0.39 is 10.1 Å². The average Bonchev–Trinajstić information content (AvgIpc) is 2.54. The van der Waals surface area contributed by atoms with Gasteiger partial charge in [-0.05, 0) is 12.1 Å². The summed E-state index contributed by atoms with van der Waals surface area (Å²) >= 11 is 1.11. The summed E-state index contributed by atoms with van der Waals surface area (Å²) in [5.74, 6) is 5.18. The maximum absolute atomic E-state index is 11.1. The lowest BCUT2D eigenvalue weighted by atomic mass is 10.3. The van der Waals surface area contributed by atoms with Crippen molar-refractivity contribution in [3.63, 3.8) is 0 Å². The van der Waals surface area contributed by atoms with Gasteiger partial charge < -0.3 is 10.4 Å². The molecule has 16 heavy (non-hydrogen) atoms. The van der Waals surface area contributed by atoms with Crippen molar-refractivity contribution in [3.05, 3.63) is 23.0 Å². The number of fused-ring (bicyclic) bond motifs is 1. The van der Waals surface area contributed by atoms with Crippen molar-refractivity contribution < 1.29 is 13.0 Å². The van der Waals surface area contributed by atoms with E-state index in [2.05, 4.69) is 5.10 Å². The van der Waals surface area contributed by atoms with E-state index >= 15 is 0 Å². The summed E-state index contributed by atoms with van der Waals surface area (Å²) in [5.41, 5.74) is 0.657. The molecule has 8 heteroatoms. The largest absolute Gasteiger partial charge is 0.320 e. The predicted octanol–water partition coefficient (Wildman–Crippen LogP) is 0.261. The van der Waals surface area contributed by atoms with Crippen molar-refractivity contribution in [3.8, 4) is 0 Å². The highest BCUT2D eigenvalue weighted by Gasteiger charge is 2.16. The number of rotatable bonds is 1.